The molecule has 0 spiro atoms. The van der Waals surface area contributed by atoms with Crippen molar-refractivity contribution in [2.45, 2.75) is 13.1 Å². The fourth-order valence-electron chi connectivity index (χ4n) is 1.69. The predicted molar refractivity (Wildman–Crippen MR) is 56.7 cm³/mol. The van der Waals surface area contributed by atoms with E-state index in [9.17, 15) is 18.0 Å². The first-order chi connectivity index (χ1) is 7.82. The topological polar surface area (TPSA) is 34.9 Å². The van der Waals surface area contributed by atoms with Crippen LogP contribution in [0.1, 0.15) is 11.4 Å². The highest BCUT2D eigenvalue weighted by atomic mass is 19.4. The molecule has 17 heavy (non-hydrogen) atoms. The Hall–Kier alpha value is -1.85. The van der Waals surface area contributed by atoms with Crippen molar-refractivity contribution in [3.63, 3.8) is 0 Å². The van der Waals surface area contributed by atoms with Crippen molar-refractivity contribution < 1.29 is 13.2 Å². The summed E-state index contributed by atoms with van der Waals surface area (Å²) >= 11 is 0. The number of alkyl halides is 3. The van der Waals surface area contributed by atoms with Crippen molar-refractivity contribution in [3.05, 3.63) is 39.9 Å². The zero-order valence-electron chi connectivity index (χ0n) is 9.17. The average molecular weight is 242 g/mol. The molecule has 0 saturated heterocycles. The molecule has 0 aliphatic heterocycles. The van der Waals surface area contributed by atoms with Crippen LogP contribution in [-0.2, 0) is 13.2 Å². The van der Waals surface area contributed by atoms with Gasteiger partial charge < -0.3 is 0 Å². The van der Waals surface area contributed by atoms with Gasteiger partial charge in [0.1, 0.15) is 0 Å². The van der Waals surface area contributed by atoms with Crippen LogP contribution in [0.2, 0.25) is 0 Å². The van der Waals surface area contributed by atoms with Crippen LogP contribution in [-0.4, -0.2) is 9.55 Å². The summed E-state index contributed by atoms with van der Waals surface area (Å²) in [6.45, 7) is 1.62. The van der Waals surface area contributed by atoms with Crippen molar-refractivity contribution in [2.24, 2.45) is 7.05 Å². The highest BCUT2D eigenvalue weighted by Gasteiger charge is 2.36. The fourth-order valence-corrected chi connectivity index (χ4v) is 1.69. The van der Waals surface area contributed by atoms with Crippen LogP contribution in [0.15, 0.2) is 23.0 Å². The minimum atomic E-state index is -4.63. The molecule has 0 aliphatic rings. The number of aryl methyl sites for hydroxylation is 1. The van der Waals surface area contributed by atoms with Gasteiger partial charge in [-0.25, -0.2) is 4.98 Å². The van der Waals surface area contributed by atoms with Gasteiger partial charge in [0.2, 0.25) is 5.82 Å². The third-order valence-corrected chi connectivity index (χ3v) is 2.56. The van der Waals surface area contributed by atoms with Gasteiger partial charge in [0.05, 0.1) is 10.9 Å². The largest absolute Gasteiger partial charge is 0.449 e. The van der Waals surface area contributed by atoms with Crippen LogP contribution in [0.3, 0.4) is 0 Å². The Kier molecular flexibility index (Phi) is 2.45. The highest BCUT2D eigenvalue weighted by Crippen LogP contribution is 2.27. The molecule has 0 bridgehead atoms. The van der Waals surface area contributed by atoms with Gasteiger partial charge in [-0.1, -0.05) is 12.1 Å². The van der Waals surface area contributed by atoms with E-state index in [0.29, 0.717) is 10.1 Å². The number of hydrogen-bond donors (Lipinski definition) is 0. The number of hydrogen-bond acceptors (Lipinski definition) is 2. The summed E-state index contributed by atoms with van der Waals surface area (Å²) in [5, 5.41) is 0.195. The average Bonchev–Trinajstić information content (AvgIpc) is 2.22. The van der Waals surface area contributed by atoms with E-state index in [-0.39, 0.29) is 10.9 Å². The summed E-state index contributed by atoms with van der Waals surface area (Å²) in [7, 11) is 1.07. The van der Waals surface area contributed by atoms with Gasteiger partial charge in [-0.3, -0.25) is 9.36 Å². The normalized spacial score (nSPS) is 12.1. The third-order valence-electron chi connectivity index (χ3n) is 2.56. The SMILES string of the molecule is Cc1cccc2c(=O)n(C)c(C(F)(F)F)nc12. The van der Waals surface area contributed by atoms with Gasteiger partial charge in [0, 0.05) is 7.05 Å². The highest BCUT2D eigenvalue weighted by molar-refractivity contribution is 5.80. The number of rotatable bonds is 0. The van der Waals surface area contributed by atoms with E-state index in [1.807, 2.05) is 0 Å². The number of halogens is 3. The van der Waals surface area contributed by atoms with Crippen molar-refractivity contribution in [1.29, 1.82) is 0 Å². The minimum Gasteiger partial charge on any atom is -0.292 e. The zero-order valence-corrected chi connectivity index (χ0v) is 9.17. The first-order valence-corrected chi connectivity index (χ1v) is 4.86. The lowest BCUT2D eigenvalue weighted by molar-refractivity contribution is -0.147. The molecule has 1 aromatic heterocycles. The van der Waals surface area contributed by atoms with E-state index in [1.54, 1.807) is 19.1 Å². The summed E-state index contributed by atoms with van der Waals surface area (Å²) in [6, 6.07) is 4.71. The number of nitrogens with zero attached hydrogens (tertiary/aromatic N) is 2. The summed E-state index contributed by atoms with van der Waals surface area (Å²) in [4.78, 5) is 15.3. The molecule has 0 unspecified atom stereocenters. The van der Waals surface area contributed by atoms with Gasteiger partial charge in [0.25, 0.3) is 5.56 Å². The second-order valence-corrected chi connectivity index (χ2v) is 3.77. The minimum absolute atomic E-state index is 0.0999. The molecular weight excluding hydrogens is 233 g/mol. The predicted octanol–water partition coefficient (Wildman–Crippen LogP) is 2.26. The number of fused-ring (bicyclic) bond motifs is 1. The molecule has 0 atom stereocenters. The van der Waals surface area contributed by atoms with E-state index in [1.165, 1.54) is 6.07 Å². The Labute approximate surface area is 94.5 Å². The molecule has 2 aromatic rings. The van der Waals surface area contributed by atoms with Gasteiger partial charge in [-0.15, -0.1) is 0 Å². The van der Waals surface area contributed by atoms with Gasteiger partial charge >= 0.3 is 6.18 Å². The Bertz CT molecular complexity index is 643. The molecule has 0 N–H and O–H groups in total. The number of benzene rings is 1. The first kappa shape index (κ1) is 11.6. The lowest BCUT2D eigenvalue weighted by atomic mass is 10.1. The maximum absolute atomic E-state index is 12.7. The van der Waals surface area contributed by atoms with Crippen molar-refractivity contribution in [2.75, 3.05) is 0 Å². The Morgan fingerprint density at radius 3 is 2.53 bits per heavy atom. The molecule has 0 radical (unpaired) electrons. The van der Waals surface area contributed by atoms with Crippen LogP contribution in [0.25, 0.3) is 10.9 Å². The molecule has 3 nitrogen and oxygen atoms in total. The number of para-hydroxylation sites is 1. The second-order valence-electron chi connectivity index (χ2n) is 3.77. The Morgan fingerprint density at radius 2 is 1.94 bits per heavy atom. The third kappa shape index (κ3) is 1.79. The van der Waals surface area contributed by atoms with E-state index in [2.05, 4.69) is 4.98 Å². The van der Waals surface area contributed by atoms with Gasteiger partial charge in [-0.2, -0.15) is 13.2 Å². The molecular formula is C11H9F3N2O. The van der Waals surface area contributed by atoms with E-state index < -0.39 is 17.6 Å². The zero-order chi connectivity index (χ0) is 12.8. The molecule has 0 amide bonds. The van der Waals surface area contributed by atoms with Crippen LogP contribution in [0.4, 0.5) is 13.2 Å². The molecule has 1 heterocycles. The van der Waals surface area contributed by atoms with Gasteiger partial charge in [-0.05, 0) is 18.6 Å². The Balaban J connectivity index is 2.96. The molecule has 0 aliphatic carbocycles. The lowest BCUT2D eigenvalue weighted by Crippen LogP contribution is -2.27. The smallest absolute Gasteiger partial charge is 0.292 e. The number of aromatic nitrogens is 2. The molecule has 0 saturated carbocycles. The molecule has 2 rings (SSSR count). The molecule has 90 valence electrons. The van der Waals surface area contributed by atoms with Crippen molar-refractivity contribution >= 4 is 10.9 Å². The second kappa shape index (κ2) is 3.58. The fraction of sp³-hybridized carbons (Fsp3) is 0.273. The van der Waals surface area contributed by atoms with Gasteiger partial charge in [0.15, 0.2) is 0 Å². The lowest BCUT2D eigenvalue weighted by Gasteiger charge is -2.12. The first-order valence-electron chi connectivity index (χ1n) is 4.86. The van der Waals surface area contributed by atoms with E-state index in [0.717, 1.165) is 7.05 Å². The van der Waals surface area contributed by atoms with Crippen molar-refractivity contribution in [1.82, 2.24) is 9.55 Å². The molecule has 0 fully saturated rings. The van der Waals surface area contributed by atoms with E-state index >= 15 is 0 Å². The maximum atomic E-state index is 12.7. The molecule has 6 heteroatoms. The van der Waals surface area contributed by atoms with Crippen LogP contribution in [0, 0.1) is 6.92 Å². The maximum Gasteiger partial charge on any atom is 0.449 e. The Morgan fingerprint density at radius 1 is 1.29 bits per heavy atom. The quantitative estimate of drug-likeness (QED) is 0.710. The summed E-state index contributed by atoms with van der Waals surface area (Å²) in [6.07, 6.45) is -4.63. The molecule has 1 aromatic carbocycles. The summed E-state index contributed by atoms with van der Waals surface area (Å²) in [5.74, 6) is -1.18. The van der Waals surface area contributed by atoms with Crippen LogP contribution >= 0.6 is 0 Å². The summed E-state index contributed by atoms with van der Waals surface area (Å²) in [5.41, 5.74) is -0.0420. The van der Waals surface area contributed by atoms with Crippen molar-refractivity contribution in [3.8, 4) is 0 Å². The standard InChI is InChI=1S/C11H9F3N2O/c1-6-4-3-5-7-8(6)15-10(11(12,13)14)16(2)9(7)17/h3-5H,1-2H3. The van der Waals surface area contributed by atoms with Crippen LogP contribution in [0.5, 0.6) is 0 Å². The van der Waals surface area contributed by atoms with Crippen LogP contribution < -0.4 is 5.56 Å². The summed E-state index contributed by atoms with van der Waals surface area (Å²) < 4.78 is 38.5. The van der Waals surface area contributed by atoms with E-state index in [4.69, 9.17) is 0 Å². The monoisotopic (exact) mass is 242 g/mol.